The number of para-hydroxylation sites is 2. The monoisotopic (exact) mass is 331 g/mol. The summed E-state index contributed by atoms with van der Waals surface area (Å²) >= 11 is 0. The molecule has 5 aromatic rings. The molecule has 0 fully saturated rings. The molecule has 0 saturated heterocycles. The molecule has 0 saturated carbocycles. The second-order valence-electron chi connectivity index (χ2n) is 5.94. The molecule has 2 heterocycles. The number of nitrogens with zero attached hydrogens (tertiary/aromatic N) is 1. The average molecular weight is 331 g/mol. The van der Waals surface area contributed by atoms with Gasteiger partial charge in [0.15, 0.2) is 5.58 Å². The third-order valence-corrected chi connectivity index (χ3v) is 4.35. The van der Waals surface area contributed by atoms with Gasteiger partial charge < -0.3 is 4.42 Å². The molecule has 0 N–H and O–H groups in total. The zero-order chi connectivity index (χ0) is 17.0. The summed E-state index contributed by atoms with van der Waals surface area (Å²) in [5, 5.41) is 2.80. The number of hydrogen-bond acceptors (Lipinski definition) is 2. The van der Waals surface area contributed by atoms with E-state index in [-0.39, 0.29) is 0 Å². The summed E-state index contributed by atoms with van der Waals surface area (Å²) in [4.78, 5) is 4.62. The number of benzene rings is 3. The Morgan fingerprint density at radius 3 is 2.24 bits per heavy atom. The number of hydrogen-bond donors (Lipinski definition) is 0. The van der Waals surface area contributed by atoms with E-state index in [4.69, 9.17) is 4.42 Å². The molecule has 25 heavy (non-hydrogen) atoms. The first-order valence-corrected chi connectivity index (χ1v) is 7.87. The highest BCUT2D eigenvalue weighted by molar-refractivity contribution is 6.20. The maximum Gasteiger partial charge on any atom is 0.162 e. The Morgan fingerprint density at radius 1 is 0.760 bits per heavy atom. The smallest absolute Gasteiger partial charge is 0.162 e. The molecular weight excluding hydrogens is 320 g/mol. The minimum absolute atomic E-state index is 0.354. The van der Waals surface area contributed by atoms with Crippen LogP contribution in [0.5, 0.6) is 0 Å². The lowest BCUT2D eigenvalue weighted by molar-refractivity contribution is 0.584. The number of fused-ring (bicyclic) bond motifs is 5. The van der Waals surface area contributed by atoms with Crippen LogP contribution in [0.4, 0.5) is 8.78 Å². The van der Waals surface area contributed by atoms with Crippen molar-refractivity contribution in [2.75, 3.05) is 0 Å². The van der Waals surface area contributed by atoms with Gasteiger partial charge in [0.1, 0.15) is 22.9 Å². The average Bonchev–Trinajstić information content (AvgIpc) is 3.00. The predicted octanol–water partition coefficient (Wildman–Crippen LogP) is 6.08. The van der Waals surface area contributed by atoms with E-state index in [0.29, 0.717) is 22.4 Å². The lowest BCUT2D eigenvalue weighted by Gasteiger charge is -2.06. The van der Waals surface area contributed by atoms with E-state index in [2.05, 4.69) is 4.98 Å². The van der Waals surface area contributed by atoms with E-state index in [9.17, 15) is 8.78 Å². The van der Waals surface area contributed by atoms with Gasteiger partial charge in [-0.05, 0) is 24.3 Å². The molecule has 0 unspecified atom stereocenters. The van der Waals surface area contributed by atoms with Crippen molar-refractivity contribution in [3.05, 3.63) is 78.4 Å². The number of pyridine rings is 1. The number of rotatable bonds is 1. The highest BCUT2D eigenvalue weighted by Crippen LogP contribution is 2.39. The zero-order valence-electron chi connectivity index (χ0n) is 13.0. The molecule has 2 nitrogen and oxygen atoms in total. The molecule has 0 radical (unpaired) electrons. The van der Waals surface area contributed by atoms with E-state index in [1.165, 1.54) is 12.1 Å². The van der Waals surface area contributed by atoms with Crippen LogP contribution in [0.3, 0.4) is 0 Å². The number of halogens is 2. The van der Waals surface area contributed by atoms with E-state index < -0.39 is 11.6 Å². The molecule has 0 aliphatic heterocycles. The Balaban J connectivity index is 2.01. The van der Waals surface area contributed by atoms with Crippen molar-refractivity contribution in [1.82, 2.24) is 4.98 Å². The Labute approximate surface area is 141 Å². The summed E-state index contributed by atoms with van der Waals surface area (Å²) in [5.41, 5.74) is 2.79. The van der Waals surface area contributed by atoms with Gasteiger partial charge in [0.25, 0.3) is 0 Å². The van der Waals surface area contributed by atoms with Crippen LogP contribution in [0.1, 0.15) is 0 Å². The van der Waals surface area contributed by atoms with Crippen molar-refractivity contribution in [2.45, 2.75) is 0 Å². The van der Waals surface area contributed by atoms with Crippen molar-refractivity contribution in [1.29, 1.82) is 0 Å². The lowest BCUT2D eigenvalue weighted by Crippen LogP contribution is -1.90. The molecule has 5 rings (SSSR count). The van der Waals surface area contributed by atoms with Crippen molar-refractivity contribution in [2.24, 2.45) is 0 Å². The quantitative estimate of drug-likeness (QED) is 0.372. The fourth-order valence-corrected chi connectivity index (χ4v) is 3.32. The first-order chi connectivity index (χ1) is 12.2. The second kappa shape index (κ2) is 5.11. The SMILES string of the molecule is Fc1cc(F)cc(-c2nc3ccccc3c3c2oc2ccccc23)c1. The first kappa shape index (κ1) is 14.1. The summed E-state index contributed by atoms with van der Waals surface area (Å²) in [7, 11) is 0. The molecular formula is C21H11F2NO. The Morgan fingerprint density at radius 2 is 1.44 bits per heavy atom. The van der Waals surface area contributed by atoms with Gasteiger partial charge in [-0.15, -0.1) is 0 Å². The maximum absolute atomic E-state index is 13.7. The maximum atomic E-state index is 13.7. The molecule has 0 spiro atoms. The fraction of sp³-hybridized carbons (Fsp3) is 0. The van der Waals surface area contributed by atoms with Crippen LogP contribution in [0.2, 0.25) is 0 Å². The molecule has 0 bridgehead atoms. The highest BCUT2D eigenvalue weighted by atomic mass is 19.1. The molecule has 4 heteroatoms. The minimum Gasteiger partial charge on any atom is -0.454 e. The first-order valence-electron chi connectivity index (χ1n) is 7.87. The second-order valence-corrected chi connectivity index (χ2v) is 5.94. The summed E-state index contributed by atoms with van der Waals surface area (Å²) in [6.45, 7) is 0. The Bertz CT molecular complexity index is 1250. The van der Waals surface area contributed by atoms with Crippen molar-refractivity contribution >= 4 is 32.8 Å². The van der Waals surface area contributed by atoms with Gasteiger partial charge in [0.2, 0.25) is 0 Å². The normalized spacial score (nSPS) is 11.6. The van der Waals surface area contributed by atoms with Gasteiger partial charge in [0.05, 0.1) is 5.52 Å². The summed E-state index contributed by atoms with van der Waals surface area (Å²) in [6, 6.07) is 18.8. The fourth-order valence-electron chi connectivity index (χ4n) is 3.32. The van der Waals surface area contributed by atoms with E-state index in [0.717, 1.165) is 27.7 Å². The van der Waals surface area contributed by atoms with Crippen LogP contribution < -0.4 is 0 Å². The number of aromatic nitrogens is 1. The molecule has 3 aromatic carbocycles. The van der Waals surface area contributed by atoms with E-state index >= 15 is 0 Å². The van der Waals surface area contributed by atoms with Crippen LogP contribution in [0.25, 0.3) is 44.1 Å². The highest BCUT2D eigenvalue weighted by Gasteiger charge is 2.18. The summed E-state index contributed by atoms with van der Waals surface area (Å²) in [5.74, 6) is -1.29. The minimum atomic E-state index is -0.644. The van der Waals surface area contributed by atoms with Gasteiger partial charge in [0, 0.05) is 27.8 Å². The van der Waals surface area contributed by atoms with Gasteiger partial charge in [-0.1, -0.05) is 36.4 Å². The van der Waals surface area contributed by atoms with Crippen molar-refractivity contribution in [3.8, 4) is 11.3 Å². The largest absolute Gasteiger partial charge is 0.454 e. The zero-order valence-corrected chi connectivity index (χ0v) is 13.0. The van der Waals surface area contributed by atoms with Gasteiger partial charge in [-0.3, -0.25) is 0 Å². The van der Waals surface area contributed by atoms with Crippen LogP contribution in [0.15, 0.2) is 71.1 Å². The van der Waals surface area contributed by atoms with Crippen LogP contribution in [-0.4, -0.2) is 4.98 Å². The van der Waals surface area contributed by atoms with Gasteiger partial charge in [-0.2, -0.15) is 0 Å². The Hall–Kier alpha value is -3.27. The molecule has 0 aliphatic rings. The van der Waals surface area contributed by atoms with Crippen LogP contribution in [0, 0.1) is 11.6 Å². The topological polar surface area (TPSA) is 26.0 Å². The standard InChI is InChI=1S/C21H11F2NO/c22-13-9-12(10-14(23)11-13)20-21-19(15-5-1-3-7-17(15)24-20)16-6-2-4-8-18(16)25-21/h1-11H. The van der Waals surface area contributed by atoms with Crippen molar-refractivity contribution in [3.63, 3.8) is 0 Å². The van der Waals surface area contributed by atoms with Crippen LogP contribution >= 0.6 is 0 Å². The predicted molar refractivity (Wildman–Crippen MR) is 94.4 cm³/mol. The molecule has 2 aromatic heterocycles. The van der Waals surface area contributed by atoms with Crippen LogP contribution in [-0.2, 0) is 0 Å². The molecule has 120 valence electrons. The molecule has 0 atom stereocenters. The number of furan rings is 1. The van der Waals surface area contributed by atoms with Gasteiger partial charge in [-0.25, -0.2) is 13.8 Å². The summed E-state index contributed by atoms with van der Waals surface area (Å²) < 4.78 is 33.5. The van der Waals surface area contributed by atoms with Gasteiger partial charge >= 0.3 is 0 Å². The lowest BCUT2D eigenvalue weighted by atomic mass is 10.0. The molecule has 0 amide bonds. The summed E-state index contributed by atoms with van der Waals surface area (Å²) in [6.07, 6.45) is 0. The third kappa shape index (κ3) is 2.11. The van der Waals surface area contributed by atoms with Crippen molar-refractivity contribution < 1.29 is 13.2 Å². The van der Waals surface area contributed by atoms with E-state index in [1.54, 1.807) is 0 Å². The molecule has 0 aliphatic carbocycles. The van der Waals surface area contributed by atoms with E-state index in [1.807, 2.05) is 48.5 Å². The third-order valence-electron chi connectivity index (χ3n) is 4.35. The Kier molecular flexibility index (Phi) is 2.88.